The number of hydrogen-bond acceptors (Lipinski definition) is 4. The smallest absolute Gasteiger partial charge is 0.246 e. The van der Waals surface area contributed by atoms with Gasteiger partial charge in [0.1, 0.15) is 16.5 Å². The van der Waals surface area contributed by atoms with Crippen LogP contribution in [0.15, 0.2) is 47.4 Å². The summed E-state index contributed by atoms with van der Waals surface area (Å²) in [6.45, 7) is 2.90. The Kier molecular flexibility index (Phi) is 5.32. The normalized spacial score (nSPS) is 19.5. The number of sulfonamides is 1. The molecule has 1 heterocycles. The quantitative estimate of drug-likeness (QED) is 0.821. The van der Waals surface area contributed by atoms with E-state index in [4.69, 9.17) is 4.74 Å². The molecule has 1 saturated heterocycles. The van der Waals surface area contributed by atoms with Crippen molar-refractivity contribution < 1.29 is 17.5 Å². The van der Waals surface area contributed by atoms with Crippen molar-refractivity contribution in [1.29, 1.82) is 0 Å². The maximum absolute atomic E-state index is 14.3. The summed E-state index contributed by atoms with van der Waals surface area (Å²) < 4.78 is 47.4. The Hall–Kier alpha value is -1.96. The summed E-state index contributed by atoms with van der Waals surface area (Å²) in [6, 6.07) is 11.3. The highest BCUT2D eigenvalue weighted by atomic mass is 32.2. The average Bonchev–Trinajstić information content (AvgIpc) is 2.62. The number of hydrogen-bond donors (Lipinski definition) is 0. The summed E-state index contributed by atoms with van der Waals surface area (Å²) in [5.41, 5.74) is 1.34. The largest absolute Gasteiger partial charge is 0.495 e. The molecule has 1 aliphatic heterocycles. The van der Waals surface area contributed by atoms with E-state index in [1.807, 2.05) is 24.9 Å². The van der Waals surface area contributed by atoms with Crippen molar-refractivity contribution in [1.82, 2.24) is 9.21 Å². The van der Waals surface area contributed by atoms with Crippen LogP contribution in [0, 0.1) is 12.7 Å². The van der Waals surface area contributed by atoms with Gasteiger partial charge in [0.15, 0.2) is 0 Å². The topological polar surface area (TPSA) is 49.9 Å². The summed E-state index contributed by atoms with van der Waals surface area (Å²) in [7, 11) is -0.408. The van der Waals surface area contributed by atoms with Crippen molar-refractivity contribution in [3.8, 4) is 5.75 Å². The minimum Gasteiger partial charge on any atom is -0.495 e. The number of benzene rings is 2. The van der Waals surface area contributed by atoms with E-state index in [0.29, 0.717) is 24.4 Å². The molecule has 5 nitrogen and oxygen atoms in total. The third kappa shape index (κ3) is 3.47. The number of piperazine rings is 1. The third-order valence-electron chi connectivity index (χ3n) is 4.81. The molecule has 0 spiro atoms. The zero-order valence-corrected chi connectivity index (χ0v) is 16.0. The monoisotopic (exact) mass is 378 g/mol. The molecule has 0 bridgehead atoms. The van der Waals surface area contributed by atoms with Gasteiger partial charge in [-0.2, -0.15) is 4.31 Å². The number of rotatable bonds is 4. The van der Waals surface area contributed by atoms with Gasteiger partial charge in [-0.25, -0.2) is 12.8 Å². The van der Waals surface area contributed by atoms with Gasteiger partial charge >= 0.3 is 0 Å². The number of aryl methyl sites for hydroxylation is 1. The molecule has 7 heteroatoms. The highest BCUT2D eigenvalue weighted by molar-refractivity contribution is 7.89. The van der Waals surface area contributed by atoms with Gasteiger partial charge in [0.2, 0.25) is 10.0 Å². The molecular weight excluding hydrogens is 355 g/mol. The van der Waals surface area contributed by atoms with Gasteiger partial charge in [-0.05, 0) is 37.7 Å². The minimum absolute atomic E-state index is 0.150. The minimum atomic E-state index is -3.75. The van der Waals surface area contributed by atoms with E-state index in [1.165, 1.54) is 17.5 Å². The Morgan fingerprint density at radius 3 is 2.58 bits per heavy atom. The van der Waals surface area contributed by atoms with E-state index in [9.17, 15) is 12.8 Å². The van der Waals surface area contributed by atoms with E-state index in [-0.39, 0.29) is 23.3 Å². The van der Waals surface area contributed by atoms with Crippen LogP contribution in [0.3, 0.4) is 0 Å². The molecule has 1 fully saturated rings. The van der Waals surface area contributed by atoms with Gasteiger partial charge in [-0.3, -0.25) is 4.90 Å². The predicted molar refractivity (Wildman–Crippen MR) is 98.3 cm³/mol. The third-order valence-corrected chi connectivity index (χ3v) is 6.70. The fourth-order valence-electron chi connectivity index (χ4n) is 3.27. The molecule has 3 rings (SSSR count). The number of ether oxygens (including phenoxy) is 1. The number of nitrogens with zero attached hydrogens (tertiary/aromatic N) is 2. The van der Waals surface area contributed by atoms with Crippen LogP contribution >= 0.6 is 0 Å². The highest BCUT2D eigenvalue weighted by Crippen LogP contribution is 2.32. The van der Waals surface area contributed by atoms with Crippen LogP contribution in [0.5, 0.6) is 5.75 Å². The summed E-state index contributed by atoms with van der Waals surface area (Å²) in [5.74, 6) is -0.00583. The molecule has 26 heavy (non-hydrogen) atoms. The van der Waals surface area contributed by atoms with E-state index in [2.05, 4.69) is 0 Å². The first-order valence-corrected chi connectivity index (χ1v) is 9.88. The van der Waals surface area contributed by atoms with Crippen LogP contribution in [0.4, 0.5) is 4.39 Å². The number of halogens is 1. The Labute approximate surface area is 154 Å². The van der Waals surface area contributed by atoms with Gasteiger partial charge < -0.3 is 4.74 Å². The number of methoxy groups -OCH3 is 1. The van der Waals surface area contributed by atoms with E-state index >= 15 is 0 Å². The molecule has 0 N–H and O–H groups in total. The lowest BCUT2D eigenvalue weighted by Gasteiger charge is -2.39. The first-order chi connectivity index (χ1) is 12.3. The first kappa shape index (κ1) is 18.8. The van der Waals surface area contributed by atoms with E-state index in [1.54, 1.807) is 30.3 Å². The summed E-state index contributed by atoms with van der Waals surface area (Å²) in [4.78, 5) is 2.13. The Morgan fingerprint density at radius 1 is 1.15 bits per heavy atom. The molecule has 0 saturated carbocycles. The summed E-state index contributed by atoms with van der Waals surface area (Å²) >= 11 is 0. The van der Waals surface area contributed by atoms with Crippen molar-refractivity contribution >= 4 is 10.0 Å². The van der Waals surface area contributed by atoms with Crippen molar-refractivity contribution in [3.05, 3.63) is 59.4 Å². The molecule has 0 radical (unpaired) electrons. The second kappa shape index (κ2) is 7.34. The molecule has 1 aliphatic rings. The van der Waals surface area contributed by atoms with Crippen LogP contribution in [-0.4, -0.2) is 51.4 Å². The summed E-state index contributed by atoms with van der Waals surface area (Å²) in [5, 5.41) is 0. The van der Waals surface area contributed by atoms with E-state index in [0.717, 1.165) is 5.56 Å². The maximum Gasteiger partial charge on any atom is 0.246 e. The lowest BCUT2D eigenvalue weighted by atomic mass is 10.0. The zero-order chi connectivity index (χ0) is 18.9. The number of likely N-dealkylation sites (N-methyl/N-ethyl adjacent to an activating group) is 1. The molecule has 140 valence electrons. The molecule has 0 aromatic heterocycles. The molecule has 1 unspecified atom stereocenters. The second-order valence-electron chi connectivity index (χ2n) is 6.54. The molecule has 2 aromatic carbocycles. The molecule has 0 aliphatic carbocycles. The predicted octanol–water partition coefficient (Wildman–Crippen LogP) is 2.82. The van der Waals surface area contributed by atoms with Crippen molar-refractivity contribution in [2.75, 3.05) is 33.8 Å². The standard InChI is InChI=1S/C19H23FN2O3S/c1-14-8-9-18(25-3)19(12-14)26(23,24)22-11-10-21(2)17(13-22)15-6-4-5-7-16(15)20/h4-9,12,17H,10-11,13H2,1-3H3. The molecule has 0 amide bonds. The van der Waals surface area contributed by atoms with Crippen molar-refractivity contribution in [2.45, 2.75) is 17.9 Å². The van der Waals surface area contributed by atoms with Gasteiger partial charge in [0.25, 0.3) is 0 Å². The Morgan fingerprint density at radius 2 is 1.88 bits per heavy atom. The fourth-order valence-corrected chi connectivity index (χ4v) is 4.95. The van der Waals surface area contributed by atoms with Crippen LogP contribution < -0.4 is 4.74 Å². The van der Waals surface area contributed by atoms with Gasteiger partial charge in [-0.15, -0.1) is 0 Å². The average molecular weight is 378 g/mol. The molecule has 2 aromatic rings. The Bertz CT molecular complexity index is 901. The lowest BCUT2D eigenvalue weighted by Crippen LogP contribution is -2.49. The van der Waals surface area contributed by atoms with Crippen LogP contribution in [0.25, 0.3) is 0 Å². The van der Waals surface area contributed by atoms with Crippen LogP contribution in [-0.2, 0) is 10.0 Å². The molecular formula is C19H23FN2O3S. The van der Waals surface area contributed by atoms with Crippen molar-refractivity contribution in [3.63, 3.8) is 0 Å². The van der Waals surface area contributed by atoms with Gasteiger partial charge in [0, 0.05) is 25.2 Å². The maximum atomic E-state index is 14.3. The van der Waals surface area contributed by atoms with Crippen LogP contribution in [0.1, 0.15) is 17.2 Å². The summed E-state index contributed by atoms with van der Waals surface area (Å²) in [6.07, 6.45) is 0. The second-order valence-corrected chi connectivity index (χ2v) is 8.44. The first-order valence-electron chi connectivity index (χ1n) is 8.44. The van der Waals surface area contributed by atoms with Crippen LogP contribution in [0.2, 0.25) is 0 Å². The van der Waals surface area contributed by atoms with Gasteiger partial charge in [0.05, 0.1) is 13.2 Å². The zero-order valence-electron chi connectivity index (χ0n) is 15.1. The Balaban J connectivity index is 1.97. The van der Waals surface area contributed by atoms with Crippen molar-refractivity contribution in [2.24, 2.45) is 0 Å². The lowest BCUT2D eigenvalue weighted by molar-refractivity contribution is 0.145. The van der Waals surface area contributed by atoms with E-state index < -0.39 is 10.0 Å². The molecule has 1 atom stereocenters. The van der Waals surface area contributed by atoms with Gasteiger partial charge in [-0.1, -0.05) is 24.3 Å². The highest BCUT2D eigenvalue weighted by Gasteiger charge is 2.35. The fraction of sp³-hybridized carbons (Fsp3) is 0.368. The SMILES string of the molecule is COc1ccc(C)cc1S(=O)(=O)N1CCN(C)C(c2ccccc2F)C1.